The van der Waals surface area contributed by atoms with Crippen molar-refractivity contribution in [2.45, 2.75) is 13.0 Å². The Bertz CT molecular complexity index is 510. The largest absolute Gasteiger partial charge is 0.497 e. The average Bonchev–Trinajstić information content (AvgIpc) is 2.39. The van der Waals surface area contributed by atoms with Gasteiger partial charge in [-0.2, -0.15) is 0 Å². The molecule has 0 heterocycles. The average molecular weight is 245 g/mol. The van der Waals surface area contributed by atoms with Crippen LogP contribution in [0.4, 0.5) is 10.1 Å². The van der Waals surface area contributed by atoms with Crippen LogP contribution in [0.3, 0.4) is 0 Å². The molecule has 0 aliphatic heterocycles. The highest BCUT2D eigenvalue weighted by Gasteiger charge is 2.05. The molecule has 1 N–H and O–H groups in total. The summed E-state index contributed by atoms with van der Waals surface area (Å²) in [5.74, 6) is 0.596. The van der Waals surface area contributed by atoms with Crippen molar-refractivity contribution in [2.75, 3.05) is 12.4 Å². The van der Waals surface area contributed by atoms with Crippen LogP contribution in [0, 0.1) is 5.82 Å². The Kier molecular flexibility index (Phi) is 3.82. The molecule has 0 spiro atoms. The van der Waals surface area contributed by atoms with Crippen LogP contribution in [0.1, 0.15) is 18.5 Å². The highest BCUT2D eigenvalue weighted by molar-refractivity contribution is 5.49. The van der Waals surface area contributed by atoms with E-state index in [1.165, 1.54) is 12.1 Å². The molecular weight excluding hydrogens is 229 g/mol. The van der Waals surface area contributed by atoms with E-state index >= 15 is 0 Å². The van der Waals surface area contributed by atoms with E-state index in [0.29, 0.717) is 0 Å². The van der Waals surface area contributed by atoms with Crippen LogP contribution in [0.15, 0.2) is 48.5 Å². The summed E-state index contributed by atoms with van der Waals surface area (Å²) < 4.78 is 18.0. The number of methoxy groups -OCH3 is 1. The van der Waals surface area contributed by atoms with Gasteiger partial charge in [0.15, 0.2) is 0 Å². The number of rotatable bonds is 4. The molecule has 2 rings (SSSR count). The fourth-order valence-corrected chi connectivity index (χ4v) is 1.80. The van der Waals surface area contributed by atoms with Gasteiger partial charge in [-0.1, -0.05) is 18.2 Å². The van der Waals surface area contributed by atoms with E-state index < -0.39 is 0 Å². The van der Waals surface area contributed by atoms with Crippen molar-refractivity contribution in [3.05, 3.63) is 59.9 Å². The van der Waals surface area contributed by atoms with Gasteiger partial charge in [0.25, 0.3) is 0 Å². The third-order valence-corrected chi connectivity index (χ3v) is 2.82. The molecule has 0 saturated carbocycles. The molecule has 0 aliphatic rings. The lowest BCUT2D eigenvalue weighted by Crippen LogP contribution is -2.06. The first-order valence-corrected chi connectivity index (χ1v) is 5.85. The monoisotopic (exact) mass is 245 g/mol. The zero-order chi connectivity index (χ0) is 13.0. The summed E-state index contributed by atoms with van der Waals surface area (Å²) in [5.41, 5.74) is 2.02. The Morgan fingerprint density at radius 2 is 1.83 bits per heavy atom. The minimum absolute atomic E-state index is 0.109. The molecule has 2 aromatic carbocycles. The summed E-state index contributed by atoms with van der Waals surface area (Å²) in [6, 6.07) is 14.4. The summed E-state index contributed by atoms with van der Waals surface area (Å²) in [4.78, 5) is 0. The van der Waals surface area contributed by atoms with E-state index in [2.05, 4.69) is 5.32 Å². The molecule has 18 heavy (non-hydrogen) atoms. The van der Waals surface area contributed by atoms with E-state index in [1.807, 2.05) is 31.2 Å². The molecule has 2 nitrogen and oxygen atoms in total. The summed E-state index contributed by atoms with van der Waals surface area (Å²) in [7, 11) is 1.64. The van der Waals surface area contributed by atoms with Crippen molar-refractivity contribution in [2.24, 2.45) is 0 Å². The van der Waals surface area contributed by atoms with Gasteiger partial charge in [0.1, 0.15) is 11.6 Å². The van der Waals surface area contributed by atoms with Crippen LogP contribution in [0.5, 0.6) is 5.75 Å². The summed E-state index contributed by atoms with van der Waals surface area (Å²) in [6.07, 6.45) is 0. The van der Waals surface area contributed by atoms with Gasteiger partial charge in [0.05, 0.1) is 7.11 Å². The Morgan fingerprint density at radius 3 is 2.50 bits per heavy atom. The molecule has 0 aliphatic carbocycles. The van der Waals surface area contributed by atoms with Crippen molar-refractivity contribution in [3.8, 4) is 5.75 Å². The second-order valence-corrected chi connectivity index (χ2v) is 4.15. The zero-order valence-corrected chi connectivity index (χ0v) is 10.5. The number of ether oxygens (including phenoxy) is 1. The Morgan fingerprint density at radius 1 is 1.11 bits per heavy atom. The van der Waals surface area contributed by atoms with Crippen LogP contribution in [0.2, 0.25) is 0 Å². The van der Waals surface area contributed by atoms with Crippen LogP contribution < -0.4 is 10.1 Å². The Hall–Kier alpha value is -2.03. The fourth-order valence-electron chi connectivity index (χ4n) is 1.80. The topological polar surface area (TPSA) is 21.3 Å². The zero-order valence-electron chi connectivity index (χ0n) is 10.5. The molecule has 0 unspecified atom stereocenters. The van der Waals surface area contributed by atoms with Crippen molar-refractivity contribution in [1.82, 2.24) is 0 Å². The second kappa shape index (κ2) is 5.54. The Labute approximate surface area is 106 Å². The molecule has 0 amide bonds. The molecule has 3 heteroatoms. The van der Waals surface area contributed by atoms with Crippen molar-refractivity contribution < 1.29 is 9.13 Å². The van der Waals surface area contributed by atoms with Gasteiger partial charge in [-0.05, 0) is 36.8 Å². The Balaban J connectivity index is 2.10. The molecule has 94 valence electrons. The van der Waals surface area contributed by atoms with Crippen LogP contribution in [0.25, 0.3) is 0 Å². The fraction of sp³-hybridized carbons (Fsp3) is 0.200. The maximum atomic E-state index is 12.8. The molecule has 0 fully saturated rings. The maximum absolute atomic E-state index is 12.8. The number of hydrogen-bond donors (Lipinski definition) is 1. The minimum Gasteiger partial charge on any atom is -0.497 e. The highest BCUT2D eigenvalue weighted by Crippen LogP contribution is 2.22. The number of hydrogen-bond acceptors (Lipinski definition) is 2. The molecular formula is C15H16FNO. The lowest BCUT2D eigenvalue weighted by atomic mass is 10.1. The van der Waals surface area contributed by atoms with E-state index in [9.17, 15) is 4.39 Å². The van der Waals surface area contributed by atoms with Gasteiger partial charge in [-0.3, -0.25) is 0 Å². The van der Waals surface area contributed by atoms with E-state index in [1.54, 1.807) is 19.2 Å². The van der Waals surface area contributed by atoms with Crippen LogP contribution >= 0.6 is 0 Å². The molecule has 0 saturated heterocycles. The number of halogens is 1. The van der Waals surface area contributed by atoms with Crippen molar-refractivity contribution in [3.63, 3.8) is 0 Å². The predicted octanol–water partition coefficient (Wildman–Crippen LogP) is 4.01. The predicted molar refractivity (Wildman–Crippen MR) is 71.4 cm³/mol. The smallest absolute Gasteiger partial charge is 0.123 e. The van der Waals surface area contributed by atoms with Gasteiger partial charge in [-0.15, -0.1) is 0 Å². The van der Waals surface area contributed by atoms with Crippen molar-refractivity contribution in [1.29, 1.82) is 0 Å². The van der Waals surface area contributed by atoms with Crippen LogP contribution in [-0.2, 0) is 0 Å². The van der Waals surface area contributed by atoms with Gasteiger partial charge >= 0.3 is 0 Å². The first-order valence-electron chi connectivity index (χ1n) is 5.85. The normalized spacial score (nSPS) is 11.9. The minimum atomic E-state index is -0.215. The van der Waals surface area contributed by atoms with Crippen LogP contribution in [-0.4, -0.2) is 7.11 Å². The van der Waals surface area contributed by atoms with Crippen molar-refractivity contribution >= 4 is 5.69 Å². The molecule has 0 aromatic heterocycles. The van der Waals surface area contributed by atoms with E-state index in [4.69, 9.17) is 4.74 Å². The van der Waals surface area contributed by atoms with Gasteiger partial charge in [0, 0.05) is 17.8 Å². The molecule has 1 atom stereocenters. The number of anilines is 1. The van der Waals surface area contributed by atoms with E-state index in [0.717, 1.165) is 17.0 Å². The van der Waals surface area contributed by atoms with Gasteiger partial charge in [-0.25, -0.2) is 4.39 Å². The quantitative estimate of drug-likeness (QED) is 0.878. The SMILES string of the molecule is COc1cccc(N[C@@H](C)c2ccc(F)cc2)c1. The summed E-state index contributed by atoms with van der Waals surface area (Å²) >= 11 is 0. The standard InChI is InChI=1S/C15H16FNO/c1-11(12-6-8-13(16)9-7-12)17-14-4-3-5-15(10-14)18-2/h3-11,17H,1-2H3/t11-/m0/s1. The lowest BCUT2D eigenvalue weighted by molar-refractivity contribution is 0.415. The first-order chi connectivity index (χ1) is 8.69. The van der Waals surface area contributed by atoms with Gasteiger partial charge < -0.3 is 10.1 Å². The number of nitrogens with one attached hydrogen (secondary N) is 1. The van der Waals surface area contributed by atoms with Gasteiger partial charge in [0.2, 0.25) is 0 Å². The molecule has 0 bridgehead atoms. The van der Waals surface area contributed by atoms with E-state index in [-0.39, 0.29) is 11.9 Å². The molecule has 2 aromatic rings. The third-order valence-electron chi connectivity index (χ3n) is 2.82. The third kappa shape index (κ3) is 3.00. The number of benzene rings is 2. The first kappa shape index (κ1) is 12.4. The highest BCUT2D eigenvalue weighted by atomic mass is 19.1. The summed E-state index contributed by atoms with van der Waals surface area (Å²) in [5, 5.41) is 3.35. The maximum Gasteiger partial charge on any atom is 0.123 e. The lowest BCUT2D eigenvalue weighted by Gasteiger charge is -2.16. The summed E-state index contributed by atoms with van der Waals surface area (Å²) in [6.45, 7) is 2.03. The molecule has 0 radical (unpaired) electrons. The second-order valence-electron chi connectivity index (χ2n) is 4.15.